The number of hydrogen-bond donors (Lipinski definition) is 0. The second-order valence-electron chi connectivity index (χ2n) is 10.2. The Hall–Kier alpha value is -2.64. The van der Waals surface area contributed by atoms with Gasteiger partial charge in [0.2, 0.25) is 11.9 Å². The molecule has 2 aliphatic rings. The van der Waals surface area contributed by atoms with Crippen LogP contribution < -0.4 is 0 Å². The first-order valence-electron chi connectivity index (χ1n) is 11.4. The summed E-state index contributed by atoms with van der Waals surface area (Å²) in [5.41, 5.74) is 0.132. The number of methoxy groups -OCH3 is 1. The van der Waals surface area contributed by atoms with Gasteiger partial charge in [-0.1, -0.05) is 27.7 Å². The van der Waals surface area contributed by atoms with Crippen LogP contribution in [0.4, 0.5) is 0 Å². The van der Waals surface area contributed by atoms with Gasteiger partial charge < -0.3 is 18.6 Å². The first kappa shape index (κ1) is 25.0. The number of rotatable bonds is 6. The van der Waals surface area contributed by atoms with E-state index in [1.165, 1.54) is 27.2 Å². The lowest BCUT2D eigenvalue weighted by atomic mass is 9.63. The molecule has 0 bridgehead atoms. The quantitative estimate of drug-likeness (QED) is 0.455. The van der Waals surface area contributed by atoms with Crippen LogP contribution in [0.25, 0.3) is 0 Å². The van der Waals surface area contributed by atoms with Crippen molar-refractivity contribution >= 4 is 23.7 Å². The molecule has 0 spiro atoms. The fraction of sp³-hybridized carbons (Fsp3) is 0.680. The standard InChI is InChI=1S/C25H34O8/c1-13(2)18(21(23(29)30-7)33-15(4)27)25(6)11-10-24(5)9-8-17(32-14(3)26)16-12-31-20(19(16)24)22(25)28/h12-13,17-18,21H,8-11H2,1-7H3/t17-,18-,21+,24-,25+/m0/s1. The Morgan fingerprint density at radius 1 is 1.09 bits per heavy atom. The van der Waals surface area contributed by atoms with Crippen LogP contribution in [0.5, 0.6) is 0 Å². The highest BCUT2D eigenvalue weighted by atomic mass is 16.6. The van der Waals surface area contributed by atoms with Crippen molar-refractivity contribution in [1.29, 1.82) is 0 Å². The molecular weight excluding hydrogens is 428 g/mol. The molecule has 33 heavy (non-hydrogen) atoms. The molecule has 5 atom stereocenters. The molecule has 0 saturated carbocycles. The number of carbonyl (C=O) groups is 4. The smallest absolute Gasteiger partial charge is 0.347 e. The first-order valence-corrected chi connectivity index (χ1v) is 11.4. The van der Waals surface area contributed by atoms with Crippen molar-refractivity contribution in [2.75, 3.05) is 7.11 Å². The van der Waals surface area contributed by atoms with Crippen LogP contribution >= 0.6 is 0 Å². The van der Waals surface area contributed by atoms with E-state index >= 15 is 0 Å². The summed E-state index contributed by atoms with van der Waals surface area (Å²) in [5.74, 6) is -2.50. The molecule has 0 saturated heterocycles. The molecule has 3 rings (SSSR count). The highest BCUT2D eigenvalue weighted by molar-refractivity contribution is 6.01. The summed E-state index contributed by atoms with van der Waals surface area (Å²) in [5, 5.41) is 0. The molecule has 8 nitrogen and oxygen atoms in total. The maximum Gasteiger partial charge on any atom is 0.347 e. The van der Waals surface area contributed by atoms with E-state index in [2.05, 4.69) is 6.92 Å². The molecule has 1 aromatic heterocycles. The van der Waals surface area contributed by atoms with Gasteiger partial charge in [-0.3, -0.25) is 14.4 Å². The third-order valence-electron chi connectivity index (χ3n) is 7.46. The van der Waals surface area contributed by atoms with Gasteiger partial charge in [0.05, 0.1) is 13.4 Å². The van der Waals surface area contributed by atoms with E-state index in [1.807, 2.05) is 20.8 Å². The van der Waals surface area contributed by atoms with E-state index < -0.39 is 35.5 Å². The SMILES string of the molecule is COC(=O)[C@H](OC(C)=O)[C@H](C(C)C)[C@@]1(C)CC[C@]2(C)CC[C@H](OC(C)=O)c3coc(c32)C1=O. The van der Waals surface area contributed by atoms with Crippen molar-refractivity contribution in [3.63, 3.8) is 0 Å². The number of hydrogen-bond acceptors (Lipinski definition) is 8. The number of ketones is 1. The lowest BCUT2D eigenvalue weighted by molar-refractivity contribution is -0.173. The highest BCUT2D eigenvalue weighted by Gasteiger charge is 2.56. The fourth-order valence-electron chi connectivity index (χ4n) is 5.91. The average molecular weight is 463 g/mol. The number of esters is 3. The Morgan fingerprint density at radius 3 is 2.30 bits per heavy atom. The predicted octanol–water partition coefficient (Wildman–Crippen LogP) is 4.30. The third kappa shape index (κ3) is 4.32. The van der Waals surface area contributed by atoms with Crippen LogP contribution in [0.2, 0.25) is 0 Å². The normalized spacial score (nSPS) is 28.4. The summed E-state index contributed by atoms with van der Waals surface area (Å²) in [6.07, 6.45) is 2.35. The number of carbonyl (C=O) groups excluding carboxylic acids is 4. The lowest BCUT2D eigenvalue weighted by Crippen LogP contribution is -2.49. The lowest BCUT2D eigenvalue weighted by Gasteiger charge is -2.41. The summed E-state index contributed by atoms with van der Waals surface area (Å²) in [7, 11) is 1.24. The van der Waals surface area contributed by atoms with Gasteiger partial charge >= 0.3 is 17.9 Å². The van der Waals surface area contributed by atoms with Gasteiger partial charge in [0.1, 0.15) is 6.10 Å². The van der Waals surface area contributed by atoms with Crippen molar-refractivity contribution in [3.05, 3.63) is 23.2 Å². The van der Waals surface area contributed by atoms with E-state index in [9.17, 15) is 19.2 Å². The van der Waals surface area contributed by atoms with Crippen LogP contribution in [0, 0.1) is 17.3 Å². The van der Waals surface area contributed by atoms with Gasteiger partial charge in [0.15, 0.2) is 5.76 Å². The van der Waals surface area contributed by atoms with Crippen LogP contribution in [0.1, 0.15) is 95.0 Å². The van der Waals surface area contributed by atoms with Crippen LogP contribution in [0.15, 0.2) is 10.7 Å². The Morgan fingerprint density at radius 2 is 1.76 bits per heavy atom. The Balaban J connectivity index is 2.13. The second-order valence-corrected chi connectivity index (χ2v) is 10.2. The molecule has 0 fully saturated rings. The Labute approximate surface area is 194 Å². The maximum atomic E-state index is 14.1. The van der Waals surface area contributed by atoms with E-state index in [0.717, 1.165) is 17.5 Å². The molecule has 0 aromatic carbocycles. The number of furan rings is 1. The van der Waals surface area contributed by atoms with Crippen LogP contribution in [-0.2, 0) is 34.0 Å². The van der Waals surface area contributed by atoms with Gasteiger partial charge in [0.25, 0.3) is 0 Å². The molecule has 1 heterocycles. The van der Waals surface area contributed by atoms with E-state index in [-0.39, 0.29) is 28.8 Å². The van der Waals surface area contributed by atoms with Crippen LogP contribution in [0.3, 0.4) is 0 Å². The molecule has 8 heteroatoms. The minimum absolute atomic E-state index is 0.177. The molecule has 2 aliphatic carbocycles. The fourth-order valence-corrected chi connectivity index (χ4v) is 5.91. The van der Waals surface area contributed by atoms with Gasteiger partial charge in [-0.2, -0.15) is 0 Å². The van der Waals surface area contributed by atoms with Crippen molar-refractivity contribution in [2.45, 2.75) is 84.8 Å². The van der Waals surface area contributed by atoms with Gasteiger partial charge in [-0.25, -0.2) is 4.79 Å². The summed E-state index contributed by atoms with van der Waals surface area (Å²) in [6.45, 7) is 10.3. The molecule has 0 amide bonds. The van der Waals surface area contributed by atoms with Crippen LogP contribution in [-0.4, -0.2) is 36.9 Å². The third-order valence-corrected chi connectivity index (χ3v) is 7.46. The predicted molar refractivity (Wildman–Crippen MR) is 117 cm³/mol. The maximum absolute atomic E-state index is 14.1. The average Bonchev–Trinajstić information content (AvgIpc) is 3.16. The molecule has 1 aromatic rings. The molecule has 0 unspecified atom stereocenters. The summed E-state index contributed by atoms with van der Waals surface area (Å²) >= 11 is 0. The second kappa shape index (κ2) is 8.95. The molecule has 0 N–H and O–H groups in total. The Kier molecular flexibility index (Phi) is 6.78. The van der Waals surface area contributed by atoms with Gasteiger partial charge in [-0.15, -0.1) is 0 Å². The number of ether oxygens (including phenoxy) is 3. The monoisotopic (exact) mass is 462 g/mol. The molecular formula is C25H34O8. The summed E-state index contributed by atoms with van der Waals surface area (Å²) < 4.78 is 21.7. The zero-order chi connectivity index (χ0) is 24.7. The number of Topliss-reactive ketones (excluding diaryl/α,β-unsaturated/α-hetero) is 1. The zero-order valence-electron chi connectivity index (χ0n) is 20.5. The first-order chi connectivity index (χ1) is 15.4. The van der Waals surface area contributed by atoms with Crippen molar-refractivity contribution in [2.24, 2.45) is 17.3 Å². The van der Waals surface area contributed by atoms with E-state index in [1.54, 1.807) is 0 Å². The minimum Gasteiger partial charge on any atom is -0.466 e. The Bertz CT molecular complexity index is 960. The summed E-state index contributed by atoms with van der Waals surface area (Å²) in [6, 6.07) is 0. The largest absolute Gasteiger partial charge is 0.466 e. The van der Waals surface area contributed by atoms with Crippen molar-refractivity contribution in [3.8, 4) is 0 Å². The van der Waals surface area contributed by atoms with Crippen molar-refractivity contribution in [1.82, 2.24) is 0 Å². The minimum atomic E-state index is -1.22. The van der Waals surface area contributed by atoms with Gasteiger partial charge in [-0.05, 0) is 37.0 Å². The molecule has 182 valence electrons. The summed E-state index contributed by atoms with van der Waals surface area (Å²) in [4.78, 5) is 50.2. The molecule has 0 radical (unpaired) electrons. The zero-order valence-corrected chi connectivity index (χ0v) is 20.5. The van der Waals surface area contributed by atoms with Gasteiger partial charge in [0, 0.05) is 36.3 Å². The van der Waals surface area contributed by atoms with E-state index in [0.29, 0.717) is 19.3 Å². The molecule has 0 aliphatic heterocycles. The highest BCUT2D eigenvalue weighted by Crippen LogP contribution is 2.55. The topological polar surface area (TPSA) is 109 Å². The van der Waals surface area contributed by atoms with E-state index in [4.69, 9.17) is 18.6 Å². The van der Waals surface area contributed by atoms with Crippen molar-refractivity contribution < 1.29 is 37.8 Å².